The maximum atomic E-state index is 16.8. The summed E-state index contributed by atoms with van der Waals surface area (Å²) in [6, 6.07) is 26.9. The number of carbonyl (C=O) groups excluding carboxylic acids is 4. The summed E-state index contributed by atoms with van der Waals surface area (Å²) in [6.07, 6.45) is 22.0. The van der Waals surface area contributed by atoms with E-state index in [4.69, 9.17) is 9.47 Å². The van der Waals surface area contributed by atoms with E-state index >= 15 is 9.59 Å². The fourth-order valence-electron chi connectivity index (χ4n) is 23.0. The van der Waals surface area contributed by atoms with Crippen LogP contribution < -0.4 is 14.2 Å². The number of rotatable bonds is 18. The highest BCUT2D eigenvalue weighted by molar-refractivity contribution is 7.90. The fraction of sp³-hybridized carbons (Fsp3) is 0.535. The summed E-state index contributed by atoms with van der Waals surface area (Å²) < 4.78 is 111. The zero-order valence-electron chi connectivity index (χ0n) is 62.3. The van der Waals surface area contributed by atoms with Crippen molar-refractivity contribution in [1.29, 1.82) is 0 Å². The van der Waals surface area contributed by atoms with Crippen LogP contribution in [0.5, 0.6) is 5.75 Å². The molecule has 3 aromatic carbocycles. The van der Waals surface area contributed by atoms with Crippen molar-refractivity contribution in [2.45, 2.75) is 196 Å². The Morgan fingerprint density at radius 3 is 2.06 bits per heavy atom. The maximum Gasteiger partial charge on any atom is 0.390 e. The van der Waals surface area contributed by atoms with Crippen LogP contribution in [0.4, 0.5) is 13.2 Å². The number of carbonyl (C=O) groups is 4. The van der Waals surface area contributed by atoms with E-state index in [0.717, 1.165) is 136 Å². The van der Waals surface area contributed by atoms with Gasteiger partial charge >= 0.3 is 6.18 Å². The summed E-state index contributed by atoms with van der Waals surface area (Å²) in [7, 11) is -5.19. The van der Waals surface area contributed by atoms with Crippen molar-refractivity contribution >= 4 is 49.4 Å². The van der Waals surface area contributed by atoms with Gasteiger partial charge in [-0.2, -0.15) is 13.2 Å². The number of amides is 4. The van der Waals surface area contributed by atoms with Crippen LogP contribution in [0.15, 0.2) is 178 Å². The first-order valence-electron chi connectivity index (χ1n) is 40.0. The molecule has 10 heterocycles. The molecule has 574 valence electrons. The SMILES string of the molecule is COC1=CCC2=C3C(C4CCCCC4)=C4C=CC(C(=O)NS(=O)(=O)C5CCC5)=CC4N3CC3(C(=O)N4C5CC4C(C4CCC(C6=C7c8ccc(OC)cc8C8CC8(C(=O)N8C9CC8CN(Cc8ccccc8)C9)CN7C7=CC(C(=O)NS(=O)(=O)CCC(F)(F)F)=CCC76C)CC4)N(Cc4ccccc4)C5)CC3C2=C1. The molecule has 0 radical (unpaired) electrons. The molecule has 3 aromatic rings. The van der Waals surface area contributed by atoms with Crippen LogP contribution in [0.1, 0.15) is 157 Å². The summed E-state index contributed by atoms with van der Waals surface area (Å²) in [5.41, 5.74) is 11.3. The van der Waals surface area contributed by atoms with E-state index in [9.17, 15) is 39.6 Å². The second kappa shape index (κ2) is 26.3. The number of alkyl halides is 3. The first kappa shape index (κ1) is 71.3. The van der Waals surface area contributed by atoms with E-state index in [0.29, 0.717) is 69.5 Å². The number of sulfonamides is 2. The Morgan fingerprint density at radius 1 is 0.670 bits per heavy atom. The molecule has 10 aliphatic heterocycles. The smallest absolute Gasteiger partial charge is 0.390 e. The van der Waals surface area contributed by atoms with Crippen molar-refractivity contribution in [2.24, 2.45) is 39.9 Å². The van der Waals surface area contributed by atoms with Crippen molar-refractivity contribution in [3.05, 3.63) is 200 Å². The number of methoxy groups -OCH3 is 2. The average molecular weight is 1520 g/mol. The predicted octanol–water partition coefficient (Wildman–Crippen LogP) is 12.2. The van der Waals surface area contributed by atoms with Crippen LogP contribution in [0, 0.1) is 39.9 Å². The van der Waals surface area contributed by atoms with Gasteiger partial charge in [0.25, 0.3) is 11.8 Å². The van der Waals surface area contributed by atoms with Crippen LogP contribution in [0.2, 0.25) is 0 Å². The van der Waals surface area contributed by atoms with E-state index in [-0.39, 0.29) is 83.2 Å². The number of piperidine rings is 2. The van der Waals surface area contributed by atoms with Crippen LogP contribution in [-0.4, -0.2) is 170 Å². The van der Waals surface area contributed by atoms with Gasteiger partial charge in [0.1, 0.15) is 11.5 Å². The Morgan fingerprint density at radius 2 is 1.36 bits per heavy atom. The van der Waals surface area contributed by atoms with Gasteiger partial charge < -0.3 is 29.1 Å². The van der Waals surface area contributed by atoms with E-state index in [2.05, 4.69) is 120 Å². The molecular weight excluding hydrogens is 1430 g/mol. The van der Waals surface area contributed by atoms with E-state index in [1.54, 1.807) is 32.4 Å². The molecule has 11 atom stereocenters. The minimum Gasteiger partial charge on any atom is -0.497 e. The third-order valence-corrected chi connectivity index (χ3v) is 31.7. The molecule has 4 amide bonds. The summed E-state index contributed by atoms with van der Waals surface area (Å²) in [5.74, 6) is -0.907. The second-order valence-electron chi connectivity index (χ2n) is 34.8. The van der Waals surface area contributed by atoms with Gasteiger partial charge in [0.15, 0.2) is 0 Å². The van der Waals surface area contributed by atoms with Gasteiger partial charge in [-0.05, 0) is 208 Å². The lowest BCUT2D eigenvalue weighted by atomic mass is 9.63. The first-order chi connectivity index (χ1) is 52.4. The molecule has 21 rings (SSSR count). The van der Waals surface area contributed by atoms with E-state index < -0.39 is 71.7 Å². The normalized spacial score (nSPS) is 33.0. The Bertz CT molecular complexity index is 4880. The maximum absolute atomic E-state index is 16.8. The molecule has 0 spiro atoms. The molecule has 6 saturated heterocycles. The van der Waals surface area contributed by atoms with Crippen LogP contribution >= 0.6 is 0 Å². The highest BCUT2D eigenvalue weighted by atomic mass is 32.2. The molecule has 2 N–H and O–H groups in total. The Labute approximate surface area is 637 Å². The lowest BCUT2D eigenvalue weighted by Gasteiger charge is -2.63. The van der Waals surface area contributed by atoms with Crippen LogP contribution in [0.25, 0.3) is 5.70 Å². The number of piperazine rings is 2. The van der Waals surface area contributed by atoms with Crippen molar-refractivity contribution in [3.63, 3.8) is 0 Å². The number of allylic oxidation sites excluding steroid dienone is 7. The standard InChI is InChI=1S/C86H97F3N8O10S2/c1-83-33-32-57(79(98)90-108(102,103)35-34-86(87,88)89)37-73(83)95-50-85(81(100)96-58-38-59(96)47-92(46-58)44-51-14-7-4-8-15-51)43-70(85)68-41-62(107-3)28-31-65(68)78(95)75(83)54-22-24-55(25-23-54)76-72-39-60(48-93(76)45-52-16-9-5-10-17-52)97(72)82(101)84-42-69(84)67-40-61(106-2)27-30-64(67)77-74(53-18-11-6-12-19-53)66-29-26-56(36-71(66)94(77)49-84)80(99)91-109(104,105)63-20-13-21-63/h4-5,7-10,14-17,26-29,31-32,36-37,40-41,53-55,58-60,63,69-72,76H,6,11-13,18-25,30,33-35,38-39,42-50H2,1-3H3,(H,90,98)(H,91,99). The van der Waals surface area contributed by atoms with Crippen molar-refractivity contribution in [3.8, 4) is 5.75 Å². The molecule has 23 heteroatoms. The molecule has 11 unspecified atom stereocenters. The molecule has 8 aliphatic carbocycles. The lowest BCUT2D eigenvalue weighted by molar-refractivity contribution is -0.175. The van der Waals surface area contributed by atoms with Crippen LogP contribution in [0.3, 0.4) is 0 Å². The lowest BCUT2D eigenvalue weighted by Crippen LogP contribution is -2.76. The number of hydrogen-bond donors (Lipinski definition) is 2. The van der Waals surface area contributed by atoms with Crippen molar-refractivity contribution in [1.82, 2.24) is 38.8 Å². The molecule has 18 aliphatic rings. The molecule has 11 fully saturated rings. The zero-order chi connectivity index (χ0) is 75.0. The Hall–Kier alpha value is -7.99. The average Bonchev–Trinajstić information content (AvgIpc) is 1.45. The van der Waals surface area contributed by atoms with Crippen molar-refractivity contribution in [2.75, 3.05) is 52.7 Å². The molecule has 4 bridgehead atoms. The number of halogens is 3. The number of nitrogens with one attached hydrogen (secondary N) is 2. The summed E-state index contributed by atoms with van der Waals surface area (Å²) in [5, 5.41) is -0.580. The topological polar surface area (TPSA) is 199 Å². The number of fused-ring (bicyclic) bond motifs is 17. The highest BCUT2D eigenvalue weighted by Gasteiger charge is 2.71. The predicted molar refractivity (Wildman–Crippen MR) is 405 cm³/mol. The number of benzene rings is 3. The Kier molecular flexibility index (Phi) is 17.2. The Balaban J connectivity index is 0.650. The van der Waals surface area contributed by atoms with Gasteiger partial charge in [-0.15, -0.1) is 0 Å². The van der Waals surface area contributed by atoms with Gasteiger partial charge in [0.2, 0.25) is 31.9 Å². The van der Waals surface area contributed by atoms with Gasteiger partial charge in [-0.25, -0.2) is 26.3 Å². The zero-order valence-corrected chi connectivity index (χ0v) is 63.9. The van der Waals surface area contributed by atoms with Gasteiger partial charge in [0.05, 0.1) is 48.5 Å². The summed E-state index contributed by atoms with van der Waals surface area (Å²) in [4.78, 5) is 75.8. The van der Waals surface area contributed by atoms with Crippen LogP contribution in [-0.2, 0) is 57.1 Å². The number of nitrogens with zero attached hydrogens (tertiary/aromatic N) is 6. The number of hydrogen-bond acceptors (Lipinski definition) is 14. The van der Waals surface area contributed by atoms with Gasteiger partial charge in [0, 0.05) is 127 Å². The highest BCUT2D eigenvalue weighted by Crippen LogP contribution is 2.71. The molecule has 18 nitrogen and oxygen atoms in total. The van der Waals surface area contributed by atoms with Crippen molar-refractivity contribution < 1.29 is 58.7 Å². The second-order valence-corrected chi connectivity index (χ2v) is 38.6. The fourth-order valence-corrected chi connectivity index (χ4v) is 25.5. The first-order valence-corrected chi connectivity index (χ1v) is 43.2. The molecule has 0 aromatic heterocycles. The minimum atomic E-state index is -4.75. The largest absolute Gasteiger partial charge is 0.497 e. The molecule has 109 heavy (non-hydrogen) atoms. The van der Waals surface area contributed by atoms with Gasteiger partial charge in [-0.3, -0.25) is 29.0 Å². The van der Waals surface area contributed by atoms with Gasteiger partial charge in [-0.1, -0.05) is 98.5 Å². The quantitative estimate of drug-likeness (QED) is 0.122. The summed E-state index contributed by atoms with van der Waals surface area (Å²) >= 11 is 0. The third kappa shape index (κ3) is 11.9. The molecule has 5 saturated carbocycles. The minimum absolute atomic E-state index is 0.0110. The summed E-state index contributed by atoms with van der Waals surface area (Å²) in [6.45, 7) is 6.73. The van der Waals surface area contributed by atoms with E-state index in [1.807, 2.05) is 29.0 Å². The molecular formula is C86H97F3N8O10S2. The third-order valence-electron chi connectivity index (χ3n) is 28.7. The van der Waals surface area contributed by atoms with E-state index in [1.165, 1.54) is 40.0 Å². The number of ether oxygens (including phenoxy) is 2. The monoisotopic (exact) mass is 1520 g/mol.